The molecular weight excluding hydrogens is 370 g/mol. The van der Waals surface area contributed by atoms with E-state index in [4.69, 9.17) is 4.74 Å². The second-order valence-corrected chi connectivity index (χ2v) is 8.38. The van der Waals surface area contributed by atoms with Crippen LogP contribution in [0.1, 0.15) is 70.8 Å². The summed E-state index contributed by atoms with van der Waals surface area (Å²) in [5.41, 5.74) is 0.909. The molecule has 0 saturated heterocycles. The van der Waals surface area contributed by atoms with Gasteiger partial charge < -0.3 is 4.74 Å². The highest BCUT2D eigenvalue weighted by Gasteiger charge is 2.20. The molecule has 3 nitrogen and oxygen atoms in total. The first-order valence-electron chi connectivity index (χ1n) is 11.0. The van der Waals surface area contributed by atoms with Crippen molar-refractivity contribution in [3.63, 3.8) is 0 Å². The number of hydrogen-bond acceptors (Lipinski definition) is 3. The van der Waals surface area contributed by atoms with Gasteiger partial charge in [-0.1, -0.05) is 58.4 Å². The summed E-state index contributed by atoms with van der Waals surface area (Å²) in [5.74, 6) is 0.237. The molecule has 0 atom stereocenters. The summed E-state index contributed by atoms with van der Waals surface area (Å²) < 4.78 is 34.8. The molecule has 1 aromatic heterocycles. The number of nitrogens with zero attached hydrogens (tertiary/aromatic N) is 2. The lowest BCUT2D eigenvalue weighted by Gasteiger charge is -2.26. The second kappa shape index (κ2) is 10.7. The Kier molecular flexibility index (Phi) is 7.96. The predicted octanol–water partition coefficient (Wildman–Crippen LogP) is 6.75. The van der Waals surface area contributed by atoms with Crippen LogP contribution in [0, 0.1) is 23.5 Å². The molecule has 5 heteroatoms. The van der Waals surface area contributed by atoms with Crippen molar-refractivity contribution in [2.45, 2.75) is 71.6 Å². The van der Waals surface area contributed by atoms with Crippen molar-refractivity contribution in [1.29, 1.82) is 0 Å². The summed E-state index contributed by atoms with van der Waals surface area (Å²) in [6.45, 7) is 5.00. The molecule has 0 bridgehead atoms. The lowest BCUT2D eigenvalue weighted by Crippen LogP contribution is -2.13. The number of benzene rings is 1. The quantitative estimate of drug-likeness (QED) is 0.435. The van der Waals surface area contributed by atoms with Gasteiger partial charge in [-0.25, -0.2) is 8.78 Å². The van der Waals surface area contributed by atoms with Gasteiger partial charge in [0.1, 0.15) is 0 Å². The number of aryl methyl sites for hydroxylation is 1. The Morgan fingerprint density at radius 3 is 2.45 bits per heavy atom. The fraction of sp³-hybridized carbons (Fsp3) is 0.583. The number of aromatic nitrogens is 2. The highest BCUT2D eigenvalue weighted by atomic mass is 19.2. The topological polar surface area (TPSA) is 35.0 Å². The molecule has 0 amide bonds. The first kappa shape index (κ1) is 21.7. The Hall–Kier alpha value is -2.04. The molecule has 1 heterocycles. The number of ether oxygens (including phenoxy) is 1. The third-order valence-electron chi connectivity index (χ3n) is 6.03. The first-order valence-corrected chi connectivity index (χ1v) is 11.0. The van der Waals surface area contributed by atoms with Crippen LogP contribution in [0.4, 0.5) is 8.78 Å². The maximum atomic E-state index is 14.7. The first-order chi connectivity index (χ1) is 14.1. The highest BCUT2D eigenvalue weighted by Crippen LogP contribution is 2.32. The third-order valence-corrected chi connectivity index (χ3v) is 6.03. The predicted molar refractivity (Wildman–Crippen MR) is 112 cm³/mol. The van der Waals surface area contributed by atoms with Gasteiger partial charge in [-0.15, -0.1) is 10.2 Å². The van der Waals surface area contributed by atoms with Gasteiger partial charge in [-0.3, -0.25) is 0 Å². The summed E-state index contributed by atoms with van der Waals surface area (Å²) in [6.07, 6.45) is 9.58. The highest BCUT2D eigenvalue weighted by molar-refractivity contribution is 5.60. The van der Waals surface area contributed by atoms with E-state index in [1.54, 1.807) is 24.3 Å². The van der Waals surface area contributed by atoms with E-state index in [1.165, 1.54) is 25.7 Å². The van der Waals surface area contributed by atoms with E-state index in [0.717, 1.165) is 31.6 Å². The Morgan fingerprint density at radius 1 is 0.966 bits per heavy atom. The number of halogens is 2. The van der Waals surface area contributed by atoms with Crippen LogP contribution in [0.15, 0.2) is 24.3 Å². The molecule has 0 unspecified atom stereocenters. The van der Waals surface area contributed by atoms with Gasteiger partial charge in [0.2, 0.25) is 5.88 Å². The van der Waals surface area contributed by atoms with Crippen LogP contribution in [0.25, 0.3) is 11.3 Å². The van der Waals surface area contributed by atoms with Crippen LogP contribution in [-0.2, 0) is 6.42 Å². The van der Waals surface area contributed by atoms with E-state index in [1.807, 2.05) is 0 Å². The maximum absolute atomic E-state index is 14.7. The fourth-order valence-corrected chi connectivity index (χ4v) is 4.03. The summed E-state index contributed by atoms with van der Waals surface area (Å²) in [6, 6.07) is 6.59. The molecule has 29 heavy (non-hydrogen) atoms. The molecule has 0 aliphatic heterocycles. The van der Waals surface area contributed by atoms with Crippen molar-refractivity contribution >= 4 is 0 Å². The standard InChI is InChI=1S/C24H32F2N2O/c1-3-4-5-16-29-22-15-14-21(27-28-22)20-13-12-19(23(25)24(20)26)11-10-18-8-6-17(2)7-9-18/h12-15,17-18H,3-11,16H2,1-2H3. The third kappa shape index (κ3) is 5.97. The van der Waals surface area contributed by atoms with Crippen molar-refractivity contribution in [2.75, 3.05) is 6.61 Å². The largest absolute Gasteiger partial charge is 0.477 e. The minimum atomic E-state index is -0.842. The zero-order chi connectivity index (χ0) is 20.6. The number of rotatable bonds is 9. The van der Waals surface area contributed by atoms with E-state index in [9.17, 15) is 8.78 Å². The van der Waals surface area contributed by atoms with Gasteiger partial charge in [-0.2, -0.15) is 0 Å². The minimum absolute atomic E-state index is 0.141. The van der Waals surface area contributed by atoms with Crippen molar-refractivity contribution in [2.24, 2.45) is 11.8 Å². The molecule has 3 rings (SSSR count). The lowest BCUT2D eigenvalue weighted by atomic mass is 9.80. The summed E-state index contributed by atoms with van der Waals surface area (Å²) in [5, 5.41) is 8.01. The average molecular weight is 403 g/mol. The summed E-state index contributed by atoms with van der Waals surface area (Å²) in [4.78, 5) is 0. The van der Waals surface area contributed by atoms with E-state index in [2.05, 4.69) is 24.0 Å². The van der Waals surface area contributed by atoms with Gasteiger partial charge in [0, 0.05) is 11.6 Å². The van der Waals surface area contributed by atoms with Gasteiger partial charge in [0.15, 0.2) is 11.6 Å². The van der Waals surface area contributed by atoms with E-state index < -0.39 is 11.6 Å². The summed E-state index contributed by atoms with van der Waals surface area (Å²) >= 11 is 0. The van der Waals surface area contributed by atoms with Gasteiger partial charge in [0.25, 0.3) is 0 Å². The molecule has 2 aromatic rings. The lowest BCUT2D eigenvalue weighted by molar-refractivity contribution is 0.277. The van der Waals surface area contributed by atoms with Gasteiger partial charge >= 0.3 is 0 Å². The molecule has 0 spiro atoms. The Balaban J connectivity index is 1.61. The molecule has 1 aromatic carbocycles. The molecule has 0 radical (unpaired) electrons. The molecule has 1 saturated carbocycles. The van der Waals surface area contributed by atoms with Gasteiger partial charge in [-0.05, 0) is 48.8 Å². The van der Waals surface area contributed by atoms with Crippen molar-refractivity contribution in [1.82, 2.24) is 10.2 Å². The molecule has 1 aliphatic rings. The second-order valence-electron chi connectivity index (χ2n) is 8.38. The van der Waals surface area contributed by atoms with Crippen LogP contribution in [0.5, 0.6) is 5.88 Å². The molecule has 158 valence electrons. The Morgan fingerprint density at radius 2 is 1.76 bits per heavy atom. The van der Waals surface area contributed by atoms with Crippen LogP contribution < -0.4 is 4.74 Å². The Labute approximate surface area is 172 Å². The molecule has 0 N–H and O–H groups in total. The zero-order valence-corrected chi connectivity index (χ0v) is 17.6. The van der Waals surface area contributed by atoms with E-state index in [0.29, 0.717) is 36.1 Å². The normalized spacial score (nSPS) is 19.3. The van der Waals surface area contributed by atoms with Crippen LogP contribution in [-0.4, -0.2) is 16.8 Å². The molecule has 1 fully saturated rings. The van der Waals surface area contributed by atoms with E-state index in [-0.39, 0.29) is 5.56 Å². The Bertz CT molecular complexity index is 771. The molecule has 1 aliphatic carbocycles. The summed E-state index contributed by atoms with van der Waals surface area (Å²) in [7, 11) is 0. The zero-order valence-electron chi connectivity index (χ0n) is 17.6. The van der Waals surface area contributed by atoms with E-state index >= 15 is 0 Å². The fourth-order valence-electron chi connectivity index (χ4n) is 4.03. The smallest absolute Gasteiger partial charge is 0.233 e. The number of unbranched alkanes of at least 4 members (excludes halogenated alkanes) is 2. The van der Waals surface area contributed by atoms with Crippen LogP contribution >= 0.6 is 0 Å². The monoisotopic (exact) mass is 402 g/mol. The SMILES string of the molecule is CCCCCOc1ccc(-c2ccc(CCC3CCC(C)CC3)c(F)c2F)nn1. The van der Waals surface area contributed by atoms with Crippen LogP contribution in [0.2, 0.25) is 0 Å². The van der Waals surface area contributed by atoms with Crippen molar-refractivity contribution < 1.29 is 13.5 Å². The molecular formula is C24H32F2N2O. The van der Waals surface area contributed by atoms with Crippen molar-refractivity contribution in [3.05, 3.63) is 41.5 Å². The van der Waals surface area contributed by atoms with Crippen LogP contribution in [0.3, 0.4) is 0 Å². The van der Waals surface area contributed by atoms with Gasteiger partial charge in [0.05, 0.1) is 12.3 Å². The van der Waals surface area contributed by atoms with Crippen molar-refractivity contribution in [3.8, 4) is 17.1 Å². The average Bonchev–Trinajstić information content (AvgIpc) is 2.74. The number of hydrogen-bond donors (Lipinski definition) is 0. The minimum Gasteiger partial charge on any atom is -0.477 e. The maximum Gasteiger partial charge on any atom is 0.233 e.